The quantitative estimate of drug-likeness (QED) is 0.606. The van der Waals surface area contributed by atoms with Crippen LogP contribution in [0.15, 0.2) is 17.1 Å². The number of nitrogens with two attached hydrogens (primary N) is 2. The molecule has 0 bridgehead atoms. The van der Waals surface area contributed by atoms with Gasteiger partial charge in [0, 0.05) is 11.3 Å². The summed E-state index contributed by atoms with van der Waals surface area (Å²) in [6, 6.07) is 1.09. The Kier molecular flexibility index (Phi) is 2.83. The summed E-state index contributed by atoms with van der Waals surface area (Å²) in [5.74, 6) is -6.32. The Morgan fingerprint density at radius 2 is 1.89 bits per heavy atom. The minimum Gasteiger partial charge on any atom is -0.459 e. The van der Waals surface area contributed by atoms with E-state index in [9.17, 15) is 17.6 Å². The van der Waals surface area contributed by atoms with E-state index < -0.39 is 41.3 Å². The van der Waals surface area contributed by atoms with E-state index in [1.54, 1.807) is 0 Å². The first-order valence-electron chi connectivity index (χ1n) is 5.28. The molecule has 4 nitrogen and oxygen atoms in total. The first-order chi connectivity index (χ1) is 8.67. The monoisotopic (exact) mass is 277 g/mol. The van der Waals surface area contributed by atoms with Crippen LogP contribution in [0.4, 0.5) is 23.2 Å². The molecule has 1 atom stereocenters. The fourth-order valence-corrected chi connectivity index (χ4v) is 1.86. The van der Waals surface area contributed by atoms with Gasteiger partial charge in [-0.25, -0.2) is 13.8 Å². The third-order valence-electron chi connectivity index (χ3n) is 3.02. The number of halogens is 4. The van der Waals surface area contributed by atoms with Gasteiger partial charge in [0.15, 0.2) is 23.8 Å². The van der Waals surface area contributed by atoms with Crippen molar-refractivity contribution in [2.45, 2.75) is 18.4 Å². The molecule has 2 rings (SSSR count). The highest BCUT2D eigenvalue weighted by atomic mass is 19.3. The lowest BCUT2D eigenvalue weighted by molar-refractivity contribution is -0.117. The van der Waals surface area contributed by atoms with Crippen LogP contribution >= 0.6 is 0 Å². The van der Waals surface area contributed by atoms with Gasteiger partial charge in [-0.1, -0.05) is 0 Å². The SMILES string of the molecule is CC1(c2cc(N)cc(F)c2F)N=C(N)OCC1(F)F. The van der Waals surface area contributed by atoms with Crippen LogP contribution in [0.3, 0.4) is 0 Å². The van der Waals surface area contributed by atoms with E-state index in [0.29, 0.717) is 6.07 Å². The van der Waals surface area contributed by atoms with Gasteiger partial charge in [-0.2, -0.15) is 8.78 Å². The molecule has 1 aromatic carbocycles. The Bertz CT molecular complexity index is 561. The second kappa shape index (κ2) is 4.01. The first kappa shape index (κ1) is 13.4. The summed E-state index contributed by atoms with van der Waals surface area (Å²) in [5.41, 5.74) is 7.36. The highest BCUT2D eigenvalue weighted by molar-refractivity contribution is 5.73. The molecule has 0 saturated heterocycles. The van der Waals surface area contributed by atoms with E-state index in [1.165, 1.54) is 0 Å². The summed E-state index contributed by atoms with van der Waals surface area (Å²) in [7, 11) is 0. The number of nitrogen functional groups attached to an aromatic ring is 1. The average Bonchev–Trinajstić information content (AvgIpc) is 2.29. The molecule has 8 heteroatoms. The van der Waals surface area contributed by atoms with E-state index in [1.807, 2.05) is 0 Å². The number of rotatable bonds is 1. The summed E-state index contributed by atoms with van der Waals surface area (Å²) < 4.78 is 59.4. The van der Waals surface area contributed by atoms with Gasteiger partial charge in [-0.05, 0) is 19.1 Å². The molecule has 0 spiro atoms. The molecule has 0 fully saturated rings. The zero-order valence-electron chi connectivity index (χ0n) is 9.88. The molecule has 19 heavy (non-hydrogen) atoms. The molecule has 0 radical (unpaired) electrons. The molecule has 104 valence electrons. The molecule has 1 unspecified atom stereocenters. The van der Waals surface area contributed by atoms with Crippen LogP contribution in [0.2, 0.25) is 0 Å². The Labute approximate surface area is 106 Å². The number of nitrogens with zero attached hydrogens (tertiary/aromatic N) is 1. The van der Waals surface area contributed by atoms with Crippen LogP contribution in [0, 0.1) is 11.6 Å². The smallest absolute Gasteiger partial charge is 0.310 e. The number of aliphatic imine (C=N–C) groups is 1. The average molecular weight is 277 g/mol. The van der Waals surface area contributed by atoms with Crippen LogP contribution in [0.1, 0.15) is 12.5 Å². The summed E-state index contributed by atoms with van der Waals surface area (Å²) in [6.07, 6.45) is 0. The summed E-state index contributed by atoms with van der Waals surface area (Å²) in [4.78, 5) is 3.44. The normalized spacial score (nSPS) is 25.6. The Morgan fingerprint density at radius 3 is 2.53 bits per heavy atom. The third kappa shape index (κ3) is 1.96. The number of amidine groups is 1. The molecule has 1 aliphatic heterocycles. The number of hydrogen-bond donors (Lipinski definition) is 2. The highest BCUT2D eigenvalue weighted by Crippen LogP contribution is 2.45. The Morgan fingerprint density at radius 1 is 1.26 bits per heavy atom. The van der Waals surface area contributed by atoms with E-state index in [-0.39, 0.29) is 5.69 Å². The molecule has 4 N–H and O–H groups in total. The lowest BCUT2D eigenvalue weighted by Gasteiger charge is -2.37. The molecule has 0 saturated carbocycles. The molecule has 1 heterocycles. The number of anilines is 1. The topological polar surface area (TPSA) is 73.6 Å². The maximum Gasteiger partial charge on any atom is 0.310 e. The minimum atomic E-state index is -3.56. The van der Waals surface area contributed by atoms with Gasteiger partial charge in [-0.3, -0.25) is 0 Å². The summed E-state index contributed by atoms with van der Waals surface area (Å²) >= 11 is 0. The fraction of sp³-hybridized carbons (Fsp3) is 0.364. The summed E-state index contributed by atoms with van der Waals surface area (Å²) in [5, 5.41) is 0. The molecule has 1 aromatic rings. The van der Waals surface area contributed by atoms with Gasteiger partial charge >= 0.3 is 5.92 Å². The largest absolute Gasteiger partial charge is 0.459 e. The van der Waals surface area contributed by atoms with Crippen molar-refractivity contribution >= 4 is 11.7 Å². The standard InChI is InChI=1S/C11H11F4N3O/c1-10(11(14,15)4-19-9(17)18-10)6-2-5(16)3-7(12)8(6)13/h2-3H,4,16H2,1H3,(H2,17,18). The number of hydrogen-bond acceptors (Lipinski definition) is 4. The van der Waals surface area contributed by atoms with Crippen molar-refractivity contribution < 1.29 is 22.3 Å². The van der Waals surface area contributed by atoms with E-state index >= 15 is 0 Å². The number of ether oxygens (including phenoxy) is 1. The van der Waals surface area contributed by atoms with Crippen LogP contribution in [-0.2, 0) is 10.3 Å². The first-order valence-corrected chi connectivity index (χ1v) is 5.28. The maximum atomic E-state index is 13.9. The molecular formula is C11H11F4N3O. The van der Waals surface area contributed by atoms with E-state index in [2.05, 4.69) is 9.73 Å². The second-order valence-electron chi connectivity index (χ2n) is 4.38. The third-order valence-corrected chi connectivity index (χ3v) is 3.02. The molecule has 0 aromatic heterocycles. The van der Waals surface area contributed by atoms with Gasteiger partial charge in [0.25, 0.3) is 6.02 Å². The van der Waals surface area contributed by atoms with E-state index in [4.69, 9.17) is 11.5 Å². The predicted octanol–water partition coefficient (Wildman–Crippen LogP) is 1.74. The number of alkyl halides is 2. The van der Waals surface area contributed by atoms with Crippen molar-refractivity contribution in [2.24, 2.45) is 10.7 Å². The lowest BCUT2D eigenvalue weighted by Crippen LogP contribution is -2.51. The zero-order chi connectivity index (χ0) is 14.4. The van der Waals surface area contributed by atoms with Crippen molar-refractivity contribution in [1.29, 1.82) is 0 Å². The van der Waals surface area contributed by atoms with Crippen molar-refractivity contribution in [2.75, 3.05) is 12.3 Å². The maximum absolute atomic E-state index is 13.9. The molecule has 0 aliphatic carbocycles. The van der Waals surface area contributed by atoms with Gasteiger partial charge in [0.1, 0.15) is 0 Å². The number of benzene rings is 1. The van der Waals surface area contributed by atoms with Crippen molar-refractivity contribution in [1.82, 2.24) is 0 Å². The Hall–Kier alpha value is -1.99. The molecular weight excluding hydrogens is 266 g/mol. The summed E-state index contributed by atoms with van der Waals surface area (Å²) in [6.45, 7) is -0.131. The highest BCUT2D eigenvalue weighted by Gasteiger charge is 2.56. The zero-order valence-corrected chi connectivity index (χ0v) is 9.88. The second-order valence-corrected chi connectivity index (χ2v) is 4.38. The van der Waals surface area contributed by atoms with Crippen LogP contribution in [0.25, 0.3) is 0 Å². The van der Waals surface area contributed by atoms with Crippen LogP contribution in [0.5, 0.6) is 0 Å². The van der Waals surface area contributed by atoms with Gasteiger partial charge < -0.3 is 16.2 Å². The minimum absolute atomic E-state index is 0.189. The fourth-order valence-electron chi connectivity index (χ4n) is 1.86. The van der Waals surface area contributed by atoms with Gasteiger partial charge in [-0.15, -0.1) is 0 Å². The van der Waals surface area contributed by atoms with Crippen molar-refractivity contribution in [3.63, 3.8) is 0 Å². The van der Waals surface area contributed by atoms with Crippen LogP contribution < -0.4 is 11.5 Å². The predicted molar refractivity (Wildman–Crippen MR) is 60.6 cm³/mol. The van der Waals surface area contributed by atoms with Crippen LogP contribution in [-0.4, -0.2) is 18.6 Å². The lowest BCUT2D eigenvalue weighted by atomic mass is 9.85. The Balaban J connectivity index is 2.70. The van der Waals surface area contributed by atoms with Crippen molar-refractivity contribution in [3.8, 4) is 0 Å². The molecule has 0 amide bonds. The van der Waals surface area contributed by atoms with Gasteiger partial charge in [0.2, 0.25) is 0 Å². The van der Waals surface area contributed by atoms with E-state index in [0.717, 1.165) is 13.0 Å². The van der Waals surface area contributed by atoms with Gasteiger partial charge in [0.05, 0.1) is 0 Å². The molecule has 1 aliphatic rings. The van der Waals surface area contributed by atoms with Crippen molar-refractivity contribution in [3.05, 3.63) is 29.3 Å².